The molecule has 69 heavy (non-hydrogen) atoms. The minimum atomic E-state index is -1.65. The Hall–Kier alpha value is -1.24. The van der Waals surface area contributed by atoms with Crippen molar-refractivity contribution >= 4 is 116 Å². The first-order chi connectivity index (χ1) is 32.9. The van der Waals surface area contributed by atoms with Crippen LogP contribution in [0.2, 0.25) is 0 Å². The van der Waals surface area contributed by atoms with Crippen molar-refractivity contribution < 1.29 is 38.1 Å². The Morgan fingerprint density at radius 1 is 0.391 bits per heavy atom. The molecule has 0 aromatic rings. The quantitative estimate of drug-likeness (QED) is 0.156. The van der Waals surface area contributed by atoms with Crippen LogP contribution in [0.1, 0.15) is 6.42 Å². The third kappa shape index (κ3) is 3.82. The fourth-order valence-electron chi connectivity index (χ4n) is 21.6. The highest BCUT2D eigenvalue weighted by molar-refractivity contribution is 6.53. The van der Waals surface area contributed by atoms with Crippen molar-refractivity contribution in [2.45, 2.75) is 37.5 Å². The summed E-state index contributed by atoms with van der Waals surface area (Å²) in [6, 6.07) is 0. The second-order valence-electron chi connectivity index (χ2n) is 23.3. The Morgan fingerprint density at radius 2 is 0.609 bits per heavy atom. The second kappa shape index (κ2) is 12.9. The minimum Gasteiger partial charge on any atom is -0.350 e. The van der Waals surface area contributed by atoms with Crippen molar-refractivity contribution in [3.63, 3.8) is 0 Å². The number of carbonyl (C=O) groups excluding carboxylic acids is 4. The molecule has 0 heterocycles. The number of ether oxygens (including phenoxy) is 4. The summed E-state index contributed by atoms with van der Waals surface area (Å²) in [5, 5.41) is 0.608. The molecule has 360 valence electrons. The summed E-state index contributed by atoms with van der Waals surface area (Å²) in [4.78, 5) is 56.6. The molecule has 24 unspecified atom stereocenters. The van der Waals surface area contributed by atoms with Crippen molar-refractivity contribution in [1.29, 1.82) is 0 Å². The molecule has 0 radical (unpaired) electrons. The van der Waals surface area contributed by atoms with Gasteiger partial charge in [-0.15, -0.1) is 46.4 Å². The van der Waals surface area contributed by atoms with Gasteiger partial charge in [-0.25, -0.2) is 0 Å². The van der Waals surface area contributed by atoms with Crippen molar-refractivity contribution in [3.05, 3.63) is 91.0 Å². The topological polar surface area (TPSA) is 105 Å². The fourth-order valence-corrected chi connectivity index (χ4v) is 26.2. The van der Waals surface area contributed by atoms with Crippen LogP contribution in [0.3, 0.4) is 0 Å². The summed E-state index contributed by atoms with van der Waals surface area (Å²) in [6.07, 6.45) is 17.9. The van der Waals surface area contributed by atoms with Gasteiger partial charge in [-0.3, -0.25) is 19.2 Å². The van der Waals surface area contributed by atoms with Gasteiger partial charge in [-0.2, -0.15) is 0 Å². The molecule has 16 heteroatoms. The van der Waals surface area contributed by atoms with Gasteiger partial charge >= 0.3 is 0 Å². The lowest BCUT2D eigenvalue weighted by Gasteiger charge is -2.62. The first kappa shape index (κ1) is 44.1. The average molecular weight is 1090 g/mol. The first-order valence-corrected chi connectivity index (χ1v) is 27.4. The van der Waals surface area contributed by atoms with Gasteiger partial charge in [0.2, 0.25) is 11.6 Å². The number of methoxy groups -OCH3 is 4. The van der Waals surface area contributed by atoms with Gasteiger partial charge in [0.15, 0.2) is 23.1 Å². The number of rotatable bonds is 4. The maximum atomic E-state index is 15.7. The molecule has 24 atom stereocenters. The smallest absolute Gasteiger partial charge is 0.217 e. The van der Waals surface area contributed by atoms with E-state index in [1.165, 1.54) is 28.4 Å². The summed E-state index contributed by atoms with van der Waals surface area (Å²) in [5.74, 6) is -10.0. The number of carbonyl (C=O) groups is 4. The molecule has 20 aliphatic carbocycles. The van der Waals surface area contributed by atoms with Gasteiger partial charge in [0.25, 0.3) is 0 Å². The van der Waals surface area contributed by atoms with Crippen LogP contribution in [-0.4, -0.2) is 82.6 Å². The summed E-state index contributed by atoms with van der Waals surface area (Å²) in [5.41, 5.74) is 2.63. The lowest BCUT2D eigenvalue weighted by atomic mass is 9.40. The lowest BCUT2D eigenvalue weighted by Crippen LogP contribution is -2.64. The molecule has 0 aromatic heterocycles. The van der Waals surface area contributed by atoms with Gasteiger partial charge in [0, 0.05) is 122 Å². The van der Waals surface area contributed by atoms with Crippen LogP contribution in [0.25, 0.3) is 0 Å². The van der Waals surface area contributed by atoms with Gasteiger partial charge in [-0.05, 0) is 65.6 Å². The first-order valence-electron chi connectivity index (χ1n) is 24.4. The lowest BCUT2D eigenvalue weighted by molar-refractivity contribution is -0.221. The molecule has 0 aromatic carbocycles. The van der Waals surface area contributed by atoms with Gasteiger partial charge < -0.3 is 18.9 Å². The Labute approximate surface area is 438 Å². The molecular weight excluding hydrogens is 1050 g/mol. The number of ketones is 4. The van der Waals surface area contributed by atoms with Gasteiger partial charge in [-0.1, -0.05) is 95.0 Å². The highest BCUT2D eigenvalue weighted by Gasteiger charge is 2.90. The third-order valence-electron chi connectivity index (χ3n) is 22.8. The van der Waals surface area contributed by atoms with E-state index in [0.29, 0.717) is 22.3 Å². The van der Waals surface area contributed by atoms with Crippen LogP contribution < -0.4 is 0 Å². The van der Waals surface area contributed by atoms with Gasteiger partial charge in [0.1, 0.15) is 19.5 Å². The Bertz CT molecular complexity index is 2590. The van der Waals surface area contributed by atoms with Crippen LogP contribution in [0, 0.1) is 130 Å². The molecule has 0 spiro atoms. The highest BCUT2D eigenvalue weighted by Crippen LogP contribution is 2.83. The molecule has 0 amide bonds. The van der Waals surface area contributed by atoms with Crippen molar-refractivity contribution in [3.8, 4) is 0 Å². The molecule has 6 fully saturated rings. The van der Waals surface area contributed by atoms with Crippen LogP contribution in [0.4, 0.5) is 0 Å². The molecule has 20 rings (SSSR count). The van der Waals surface area contributed by atoms with Crippen LogP contribution in [0.5, 0.6) is 0 Å². The highest BCUT2D eigenvalue weighted by atomic mass is 35.5. The van der Waals surface area contributed by atoms with Crippen molar-refractivity contribution in [1.82, 2.24) is 0 Å². The number of halogens is 8. The van der Waals surface area contributed by atoms with E-state index in [9.17, 15) is 0 Å². The third-order valence-corrected chi connectivity index (χ3v) is 28.1. The molecule has 0 aliphatic heterocycles. The Balaban J connectivity index is 0.766. The summed E-state index contributed by atoms with van der Waals surface area (Å²) in [7, 11) is 5.91. The Morgan fingerprint density at radius 3 is 0.812 bits per heavy atom. The van der Waals surface area contributed by atoms with Crippen LogP contribution >= 0.6 is 92.8 Å². The fraction of sp³-hybridized carbons (Fsp3) is 0.623. The van der Waals surface area contributed by atoms with Gasteiger partial charge in [0.05, 0.1) is 20.1 Å². The zero-order chi connectivity index (χ0) is 47.8. The van der Waals surface area contributed by atoms with E-state index in [0.717, 1.165) is 6.42 Å². The molecule has 14 bridgehead atoms. The minimum absolute atomic E-state index is 0.00860. The summed E-state index contributed by atoms with van der Waals surface area (Å²) < 4.78 is 24.6. The van der Waals surface area contributed by atoms with Crippen molar-refractivity contribution in [2.24, 2.45) is 130 Å². The van der Waals surface area contributed by atoms with E-state index < -0.39 is 102 Å². The molecular formula is C53H44Cl8O8. The van der Waals surface area contributed by atoms with E-state index in [1.807, 2.05) is 24.3 Å². The van der Waals surface area contributed by atoms with E-state index >= 15 is 19.2 Å². The van der Waals surface area contributed by atoms with E-state index in [2.05, 4.69) is 24.3 Å². The largest absolute Gasteiger partial charge is 0.350 e. The molecule has 0 saturated heterocycles. The summed E-state index contributed by atoms with van der Waals surface area (Å²) in [6.45, 7) is 0. The predicted octanol–water partition coefficient (Wildman–Crippen LogP) is 9.51. The monoisotopic (exact) mass is 1090 g/mol. The number of hydrogen-bond donors (Lipinski definition) is 0. The SMILES string of the molecule is COC1(OC)C2(Cl)C(Cl)=C(Cl)C1(Cl)C1C3C=CC(C4C(=O)C5=C(C(=O)C34)C3C=CC5C4C5CC(C34)C3C4C=CC(C6=C4C(=O)C4C7C=CC(C4C6=O)C4C7C6(Cl)C(Cl)=C(Cl)C4(Cl)C6(OC)OC)C53)C12. The van der Waals surface area contributed by atoms with E-state index in [-0.39, 0.29) is 102 Å². The Kier molecular flexibility index (Phi) is 8.23. The zero-order valence-corrected chi connectivity index (χ0v) is 43.4. The standard InChI is InChI=1S/C53H44Cl8O8/c1-66-52(67-2)48(58)36-18-9-10-19(37(36)49(52,59)45(55)44(48)54)33-32(18)40(62)28-14-5-6-15(29(28)41(33)63)25-23-13-22(24(14)25)26-16-7-8-17(27(23)26)31-30(16)42(64)34-20-11-12-21(35(34)43(31)65)39-38(20)50(60)46(56)47(57)51(39,61)53(50,68-3)69-4/h5-12,14-27,32-39H,13H2,1-4H3. The average Bonchev–Trinajstić information content (AvgIpc) is 4.12. The van der Waals surface area contributed by atoms with Crippen molar-refractivity contribution in [2.75, 3.05) is 28.4 Å². The van der Waals surface area contributed by atoms with Crippen LogP contribution in [0.15, 0.2) is 91.0 Å². The zero-order valence-electron chi connectivity index (χ0n) is 37.3. The molecule has 8 nitrogen and oxygen atoms in total. The number of allylic oxidation sites excluding steroid dienone is 12. The predicted molar refractivity (Wildman–Crippen MR) is 257 cm³/mol. The number of fused-ring (bicyclic) bond motifs is 6. The normalized spacial score (nSPS) is 58.1. The maximum absolute atomic E-state index is 15.7. The second-order valence-corrected chi connectivity index (χ2v) is 27.2. The maximum Gasteiger partial charge on any atom is 0.217 e. The number of alkyl halides is 4. The van der Waals surface area contributed by atoms with E-state index in [4.69, 9.17) is 112 Å². The molecule has 20 aliphatic rings. The molecule has 6 saturated carbocycles. The summed E-state index contributed by atoms with van der Waals surface area (Å²) >= 11 is 59.0. The van der Waals surface area contributed by atoms with E-state index in [1.54, 1.807) is 0 Å². The molecule has 0 N–H and O–H groups in total. The number of hydrogen-bond acceptors (Lipinski definition) is 8. The van der Waals surface area contributed by atoms with Crippen LogP contribution in [-0.2, 0) is 38.1 Å². The number of Topliss-reactive ketones (excluding diaryl/α,β-unsaturated/α-hetero) is 4.